The molecule has 2 aliphatic rings. The molecule has 3 amide bonds. The van der Waals surface area contributed by atoms with Gasteiger partial charge in [-0.25, -0.2) is 4.39 Å². The Bertz CT molecular complexity index is 783. The van der Waals surface area contributed by atoms with Crippen LogP contribution in [0.1, 0.15) is 61.7 Å². The Labute approximate surface area is 185 Å². The van der Waals surface area contributed by atoms with Crippen LogP contribution in [0.2, 0.25) is 0 Å². The summed E-state index contributed by atoms with van der Waals surface area (Å²) in [5.41, 5.74) is 0.194. The third-order valence-electron chi connectivity index (χ3n) is 5.89. The normalized spacial score (nSPS) is 19.9. The molecule has 6 nitrogen and oxygen atoms in total. The predicted molar refractivity (Wildman–Crippen MR) is 115 cm³/mol. The highest BCUT2D eigenvalue weighted by Gasteiger charge is 2.29. The van der Waals surface area contributed by atoms with Gasteiger partial charge in [0.05, 0.1) is 11.5 Å². The first-order valence-corrected chi connectivity index (χ1v) is 11.5. The SMILES string of the molecule is O=C(NCCC(=O)N1CCCC(C(=O)NC2CCCCC2)C1)c1cc(F)ccc1Br. The van der Waals surface area contributed by atoms with Crippen LogP contribution in [0.4, 0.5) is 4.39 Å². The van der Waals surface area contributed by atoms with Crippen molar-refractivity contribution in [3.63, 3.8) is 0 Å². The molecule has 0 radical (unpaired) electrons. The number of nitrogens with one attached hydrogen (secondary N) is 2. The maximum Gasteiger partial charge on any atom is 0.252 e. The van der Waals surface area contributed by atoms with Gasteiger partial charge in [0.1, 0.15) is 5.82 Å². The van der Waals surface area contributed by atoms with E-state index >= 15 is 0 Å². The van der Waals surface area contributed by atoms with Crippen LogP contribution in [0.3, 0.4) is 0 Å². The van der Waals surface area contributed by atoms with E-state index in [0.717, 1.165) is 44.6 Å². The third kappa shape index (κ3) is 6.27. The zero-order valence-corrected chi connectivity index (χ0v) is 18.7. The Balaban J connectivity index is 1.44. The monoisotopic (exact) mass is 481 g/mol. The van der Waals surface area contributed by atoms with Gasteiger partial charge >= 0.3 is 0 Å². The maximum atomic E-state index is 13.4. The van der Waals surface area contributed by atoms with Gasteiger partial charge in [0.15, 0.2) is 0 Å². The van der Waals surface area contributed by atoms with Crippen LogP contribution in [-0.4, -0.2) is 48.3 Å². The first kappa shape index (κ1) is 22.7. The van der Waals surface area contributed by atoms with E-state index in [1.165, 1.54) is 18.6 Å². The fourth-order valence-electron chi connectivity index (χ4n) is 4.19. The molecule has 30 heavy (non-hydrogen) atoms. The van der Waals surface area contributed by atoms with Gasteiger partial charge in [-0.05, 0) is 59.8 Å². The molecule has 1 atom stereocenters. The largest absolute Gasteiger partial charge is 0.353 e. The van der Waals surface area contributed by atoms with Gasteiger partial charge in [-0.2, -0.15) is 0 Å². The van der Waals surface area contributed by atoms with Gasteiger partial charge in [0.2, 0.25) is 11.8 Å². The highest BCUT2D eigenvalue weighted by Crippen LogP contribution is 2.21. The smallest absolute Gasteiger partial charge is 0.252 e. The number of piperidine rings is 1. The standard InChI is InChI=1S/C22H29BrFN3O3/c23-19-9-8-16(24)13-18(19)22(30)25-11-10-20(28)27-12-4-5-15(14-27)21(29)26-17-6-2-1-3-7-17/h8-9,13,15,17H,1-7,10-12,14H2,(H,25,30)(H,26,29). The summed E-state index contributed by atoms with van der Waals surface area (Å²) in [4.78, 5) is 39.1. The van der Waals surface area contributed by atoms with Crippen LogP contribution < -0.4 is 10.6 Å². The van der Waals surface area contributed by atoms with Crippen LogP contribution >= 0.6 is 15.9 Å². The number of nitrogens with zero attached hydrogens (tertiary/aromatic N) is 1. The fraction of sp³-hybridized carbons (Fsp3) is 0.591. The number of amides is 3. The van der Waals surface area contributed by atoms with Crippen molar-refractivity contribution in [1.82, 2.24) is 15.5 Å². The first-order valence-electron chi connectivity index (χ1n) is 10.8. The Morgan fingerprint density at radius 1 is 1.10 bits per heavy atom. The Morgan fingerprint density at radius 3 is 2.63 bits per heavy atom. The van der Waals surface area contributed by atoms with Gasteiger partial charge in [-0.3, -0.25) is 14.4 Å². The third-order valence-corrected chi connectivity index (χ3v) is 6.59. The summed E-state index contributed by atoms with van der Waals surface area (Å²) in [6, 6.07) is 4.17. The molecule has 8 heteroatoms. The molecule has 1 aromatic rings. The van der Waals surface area contributed by atoms with Crippen LogP contribution in [0.15, 0.2) is 22.7 Å². The number of benzene rings is 1. The summed E-state index contributed by atoms with van der Waals surface area (Å²) in [6.45, 7) is 1.23. The summed E-state index contributed by atoms with van der Waals surface area (Å²) in [5.74, 6) is -1.11. The lowest BCUT2D eigenvalue weighted by Gasteiger charge is -2.33. The molecule has 1 saturated heterocycles. The van der Waals surface area contributed by atoms with E-state index in [4.69, 9.17) is 0 Å². The lowest BCUT2D eigenvalue weighted by molar-refractivity contribution is -0.135. The maximum absolute atomic E-state index is 13.4. The number of hydrogen-bond acceptors (Lipinski definition) is 3. The average Bonchev–Trinajstić information content (AvgIpc) is 2.76. The second-order valence-electron chi connectivity index (χ2n) is 8.15. The van der Waals surface area contributed by atoms with Crippen molar-refractivity contribution in [3.05, 3.63) is 34.1 Å². The molecule has 2 fully saturated rings. The second-order valence-corrected chi connectivity index (χ2v) is 9.01. The number of carbonyl (C=O) groups excluding carboxylic acids is 3. The molecule has 1 aliphatic heterocycles. The van der Waals surface area contributed by atoms with Crippen LogP contribution in [0.25, 0.3) is 0 Å². The molecule has 1 aliphatic carbocycles. The van der Waals surface area contributed by atoms with Gasteiger partial charge in [-0.15, -0.1) is 0 Å². The molecule has 2 N–H and O–H groups in total. The van der Waals surface area contributed by atoms with E-state index in [2.05, 4.69) is 26.6 Å². The zero-order valence-electron chi connectivity index (χ0n) is 17.1. The molecule has 164 valence electrons. The minimum Gasteiger partial charge on any atom is -0.353 e. The fourth-order valence-corrected chi connectivity index (χ4v) is 4.62. The highest BCUT2D eigenvalue weighted by atomic mass is 79.9. The summed E-state index contributed by atoms with van der Waals surface area (Å²) >= 11 is 3.23. The van der Waals surface area contributed by atoms with Gasteiger partial charge in [0.25, 0.3) is 5.91 Å². The number of likely N-dealkylation sites (tertiary alicyclic amines) is 1. The first-order chi connectivity index (χ1) is 14.4. The molecule has 1 unspecified atom stereocenters. The van der Waals surface area contributed by atoms with E-state index in [1.54, 1.807) is 4.90 Å². The lowest BCUT2D eigenvalue weighted by Crippen LogP contribution is -2.48. The van der Waals surface area contributed by atoms with E-state index in [-0.39, 0.29) is 42.3 Å². The molecule has 1 saturated carbocycles. The topological polar surface area (TPSA) is 78.5 Å². The Morgan fingerprint density at radius 2 is 1.87 bits per heavy atom. The van der Waals surface area contributed by atoms with Gasteiger partial charge < -0.3 is 15.5 Å². The molecular weight excluding hydrogens is 453 g/mol. The number of halogens is 2. The van der Waals surface area contributed by atoms with Crippen molar-refractivity contribution in [2.24, 2.45) is 5.92 Å². The zero-order chi connectivity index (χ0) is 21.5. The van der Waals surface area contributed by atoms with E-state index in [9.17, 15) is 18.8 Å². The van der Waals surface area contributed by atoms with Crippen molar-refractivity contribution in [3.8, 4) is 0 Å². The van der Waals surface area contributed by atoms with Gasteiger partial charge in [-0.1, -0.05) is 19.3 Å². The Hall–Kier alpha value is -1.96. The minimum absolute atomic E-state index is 0.0589. The van der Waals surface area contributed by atoms with Crippen LogP contribution in [0.5, 0.6) is 0 Å². The molecular formula is C22H29BrFN3O3. The molecule has 0 spiro atoms. The molecule has 1 heterocycles. The van der Waals surface area contributed by atoms with E-state index in [1.807, 2.05) is 0 Å². The number of rotatable bonds is 6. The van der Waals surface area contributed by atoms with Crippen LogP contribution in [-0.2, 0) is 9.59 Å². The summed E-state index contributed by atoms with van der Waals surface area (Å²) < 4.78 is 13.9. The minimum atomic E-state index is -0.495. The van der Waals surface area contributed by atoms with Crippen molar-refractivity contribution in [2.45, 2.75) is 57.4 Å². The van der Waals surface area contributed by atoms with E-state index < -0.39 is 11.7 Å². The molecule has 1 aromatic carbocycles. The number of carbonyl (C=O) groups is 3. The molecule has 3 rings (SSSR count). The quantitative estimate of drug-likeness (QED) is 0.653. The van der Waals surface area contributed by atoms with Crippen molar-refractivity contribution >= 4 is 33.7 Å². The van der Waals surface area contributed by atoms with Crippen LogP contribution in [0, 0.1) is 11.7 Å². The molecule has 0 bridgehead atoms. The number of hydrogen-bond donors (Lipinski definition) is 2. The Kier molecular flexibility index (Phi) is 8.24. The van der Waals surface area contributed by atoms with Crippen molar-refractivity contribution in [2.75, 3.05) is 19.6 Å². The average molecular weight is 482 g/mol. The van der Waals surface area contributed by atoms with E-state index in [0.29, 0.717) is 17.6 Å². The van der Waals surface area contributed by atoms with Crippen molar-refractivity contribution < 1.29 is 18.8 Å². The summed E-state index contributed by atoms with van der Waals surface area (Å²) in [5, 5.41) is 5.83. The second kappa shape index (κ2) is 10.9. The summed E-state index contributed by atoms with van der Waals surface area (Å²) in [7, 11) is 0. The molecule has 0 aromatic heterocycles. The lowest BCUT2D eigenvalue weighted by atomic mass is 9.93. The predicted octanol–water partition coefficient (Wildman–Crippen LogP) is 3.40. The summed E-state index contributed by atoms with van der Waals surface area (Å²) in [6.07, 6.45) is 7.41. The van der Waals surface area contributed by atoms with Crippen molar-refractivity contribution in [1.29, 1.82) is 0 Å². The van der Waals surface area contributed by atoms with Gasteiger partial charge in [0, 0.05) is 36.6 Å². The highest BCUT2D eigenvalue weighted by molar-refractivity contribution is 9.10.